The molecule has 0 radical (unpaired) electrons. The Morgan fingerprint density at radius 2 is 1.94 bits per heavy atom. The molecule has 6 rings (SSSR count). The second-order valence-electron chi connectivity index (χ2n) is 8.09. The summed E-state index contributed by atoms with van der Waals surface area (Å²) >= 11 is 3.51. The normalized spacial score (nSPS) is 15.0. The van der Waals surface area contributed by atoms with Crippen molar-refractivity contribution < 1.29 is 9.47 Å². The van der Waals surface area contributed by atoms with Crippen LogP contribution in [0.2, 0.25) is 0 Å². The fourth-order valence-electron chi connectivity index (χ4n) is 4.65. The van der Waals surface area contributed by atoms with Gasteiger partial charge in [-0.25, -0.2) is 15.0 Å². The predicted molar refractivity (Wildman–Crippen MR) is 125 cm³/mol. The Balaban J connectivity index is 1.41. The Morgan fingerprint density at radius 1 is 1.06 bits per heavy atom. The highest BCUT2D eigenvalue weighted by Gasteiger charge is 2.23. The van der Waals surface area contributed by atoms with Crippen LogP contribution in [0.3, 0.4) is 0 Å². The zero-order chi connectivity index (χ0) is 20.8. The van der Waals surface area contributed by atoms with Crippen molar-refractivity contribution in [3.05, 3.63) is 46.9 Å². The van der Waals surface area contributed by atoms with Crippen LogP contribution in [0.1, 0.15) is 48.6 Å². The standard InChI is InChI=1S/C24H23N3O2S2/c1-2-5-17-15-6-3-4-7-16(15)20-21-22(31-23(20)27-17)24(26-12-25-21)30-11-14-8-9-18-19(10-14)29-13-28-18/h8-10,12H,2-7,11,13H2,1H3. The van der Waals surface area contributed by atoms with Crippen molar-refractivity contribution in [2.75, 3.05) is 6.79 Å². The van der Waals surface area contributed by atoms with Crippen LogP contribution in [0.15, 0.2) is 29.6 Å². The molecule has 7 heteroatoms. The second kappa shape index (κ2) is 7.95. The van der Waals surface area contributed by atoms with Crippen LogP contribution in [-0.2, 0) is 25.0 Å². The number of ether oxygens (including phenoxy) is 2. The van der Waals surface area contributed by atoms with Gasteiger partial charge >= 0.3 is 0 Å². The van der Waals surface area contributed by atoms with Gasteiger partial charge in [0, 0.05) is 16.8 Å². The molecule has 158 valence electrons. The van der Waals surface area contributed by atoms with Gasteiger partial charge in [0.25, 0.3) is 0 Å². The maximum Gasteiger partial charge on any atom is 0.231 e. The van der Waals surface area contributed by atoms with Crippen molar-refractivity contribution in [2.45, 2.75) is 56.2 Å². The largest absolute Gasteiger partial charge is 0.454 e. The Kier molecular flexibility index (Phi) is 4.95. The molecular formula is C24H23N3O2S2. The van der Waals surface area contributed by atoms with Crippen molar-refractivity contribution in [3.8, 4) is 11.5 Å². The van der Waals surface area contributed by atoms with Gasteiger partial charge in [0.1, 0.15) is 16.2 Å². The average molecular weight is 450 g/mol. The second-order valence-corrected chi connectivity index (χ2v) is 10.1. The lowest BCUT2D eigenvalue weighted by Crippen LogP contribution is -2.09. The van der Waals surface area contributed by atoms with E-state index in [1.807, 2.05) is 6.07 Å². The summed E-state index contributed by atoms with van der Waals surface area (Å²) in [6, 6.07) is 6.14. The molecule has 1 aliphatic carbocycles. The lowest BCUT2D eigenvalue weighted by molar-refractivity contribution is 0.174. The van der Waals surface area contributed by atoms with Crippen molar-refractivity contribution in [1.29, 1.82) is 0 Å². The first kappa shape index (κ1) is 19.3. The summed E-state index contributed by atoms with van der Waals surface area (Å²) in [6.07, 6.45) is 8.72. The van der Waals surface area contributed by atoms with E-state index in [1.165, 1.54) is 40.6 Å². The third-order valence-corrected chi connectivity index (χ3v) is 8.34. The minimum Gasteiger partial charge on any atom is -0.454 e. The topological polar surface area (TPSA) is 57.1 Å². The number of fused-ring (bicyclic) bond motifs is 6. The third-order valence-electron chi connectivity index (χ3n) is 6.07. The Morgan fingerprint density at radius 3 is 2.84 bits per heavy atom. The molecule has 3 aromatic heterocycles. The molecular weight excluding hydrogens is 426 g/mol. The fraction of sp³-hybridized carbons (Fsp3) is 0.375. The summed E-state index contributed by atoms with van der Waals surface area (Å²) in [5, 5.41) is 2.31. The summed E-state index contributed by atoms with van der Waals surface area (Å²) in [5.74, 6) is 2.47. The Hall–Kier alpha value is -2.38. The Labute approximate surface area is 189 Å². The maximum atomic E-state index is 5.52. The molecule has 0 saturated carbocycles. The zero-order valence-corrected chi connectivity index (χ0v) is 19.1. The molecule has 4 heterocycles. The molecule has 0 spiro atoms. The number of hydrogen-bond acceptors (Lipinski definition) is 7. The minimum absolute atomic E-state index is 0.303. The number of thioether (sulfide) groups is 1. The number of benzene rings is 1. The van der Waals surface area contributed by atoms with Crippen molar-refractivity contribution in [1.82, 2.24) is 15.0 Å². The molecule has 0 fully saturated rings. The van der Waals surface area contributed by atoms with E-state index in [9.17, 15) is 0 Å². The lowest BCUT2D eigenvalue weighted by atomic mass is 9.88. The van der Waals surface area contributed by atoms with Crippen LogP contribution in [0.25, 0.3) is 20.4 Å². The first-order chi connectivity index (χ1) is 15.3. The molecule has 0 saturated heterocycles. The van der Waals surface area contributed by atoms with E-state index < -0.39 is 0 Å². The number of hydrogen-bond donors (Lipinski definition) is 0. The highest BCUT2D eigenvalue weighted by molar-refractivity contribution is 7.98. The zero-order valence-electron chi connectivity index (χ0n) is 17.4. The summed E-state index contributed by atoms with van der Waals surface area (Å²) < 4.78 is 12.1. The first-order valence-electron chi connectivity index (χ1n) is 10.9. The monoisotopic (exact) mass is 449 g/mol. The quantitative estimate of drug-likeness (QED) is 0.271. The molecule has 0 amide bonds. The third kappa shape index (κ3) is 3.34. The molecule has 1 aromatic carbocycles. The molecule has 0 atom stereocenters. The molecule has 31 heavy (non-hydrogen) atoms. The number of rotatable bonds is 5. The minimum atomic E-state index is 0.303. The van der Waals surface area contributed by atoms with Gasteiger partial charge in [0.2, 0.25) is 6.79 Å². The number of aromatic nitrogens is 3. The van der Waals surface area contributed by atoms with Crippen LogP contribution in [-0.4, -0.2) is 21.7 Å². The van der Waals surface area contributed by atoms with Gasteiger partial charge in [-0.2, -0.15) is 0 Å². The molecule has 0 unspecified atom stereocenters. The van der Waals surface area contributed by atoms with Crippen LogP contribution < -0.4 is 9.47 Å². The van der Waals surface area contributed by atoms with E-state index in [1.54, 1.807) is 29.4 Å². The summed E-state index contributed by atoms with van der Waals surface area (Å²) in [4.78, 5) is 15.6. The number of pyridine rings is 1. The molecule has 2 aliphatic rings. The van der Waals surface area contributed by atoms with Crippen LogP contribution in [0, 0.1) is 0 Å². The van der Waals surface area contributed by atoms with Gasteiger partial charge in [-0.1, -0.05) is 19.4 Å². The number of thiophene rings is 1. The van der Waals surface area contributed by atoms with Crippen molar-refractivity contribution in [3.63, 3.8) is 0 Å². The number of nitrogens with zero attached hydrogens (tertiary/aromatic N) is 3. The fourth-order valence-corrected chi connectivity index (χ4v) is 6.84. The Bertz CT molecular complexity index is 1300. The van der Waals surface area contributed by atoms with Gasteiger partial charge in [0.05, 0.1) is 10.2 Å². The SMILES string of the molecule is CCCc1nc2sc3c(SCc4ccc5c(c4)OCO5)ncnc3c2c2c1CCCC2. The van der Waals surface area contributed by atoms with Gasteiger partial charge in [-0.05, 0) is 60.9 Å². The lowest BCUT2D eigenvalue weighted by Gasteiger charge is -2.19. The first-order valence-corrected chi connectivity index (χ1v) is 12.7. The van der Waals surface area contributed by atoms with E-state index in [4.69, 9.17) is 19.4 Å². The average Bonchev–Trinajstić information content (AvgIpc) is 3.42. The van der Waals surface area contributed by atoms with Crippen molar-refractivity contribution >= 4 is 43.5 Å². The summed E-state index contributed by atoms with van der Waals surface area (Å²) in [7, 11) is 0. The van der Waals surface area contributed by atoms with E-state index in [0.717, 1.165) is 63.0 Å². The highest BCUT2D eigenvalue weighted by atomic mass is 32.2. The predicted octanol–water partition coefficient (Wildman–Crippen LogP) is 6.09. The van der Waals surface area contributed by atoms with Crippen LogP contribution in [0.4, 0.5) is 0 Å². The molecule has 5 nitrogen and oxygen atoms in total. The van der Waals surface area contributed by atoms with Gasteiger partial charge in [-0.15, -0.1) is 23.1 Å². The van der Waals surface area contributed by atoms with E-state index >= 15 is 0 Å². The highest BCUT2D eigenvalue weighted by Crippen LogP contribution is 2.42. The molecule has 1 aliphatic heterocycles. The summed E-state index contributed by atoms with van der Waals surface area (Å²) in [6.45, 7) is 2.54. The van der Waals surface area contributed by atoms with Crippen LogP contribution in [0.5, 0.6) is 11.5 Å². The van der Waals surface area contributed by atoms with Gasteiger partial charge < -0.3 is 9.47 Å². The smallest absolute Gasteiger partial charge is 0.231 e. The van der Waals surface area contributed by atoms with E-state index in [0.29, 0.717) is 6.79 Å². The van der Waals surface area contributed by atoms with E-state index in [2.05, 4.69) is 24.0 Å². The van der Waals surface area contributed by atoms with Crippen LogP contribution >= 0.6 is 23.1 Å². The molecule has 0 N–H and O–H groups in total. The van der Waals surface area contributed by atoms with Crippen molar-refractivity contribution in [2.24, 2.45) is 0 Å². The number of aryl methyl sites for hydroxylation is 2. The maximum absolute atomic E-state index is 5.52. The molecule has 0 bridgehead atoms. The summed E-state index contributed by atoms with van der Waals surface area (Å²) in [5.41, 5.74) is 6.57. The molecule has 4 aromatic rings. The van der Waals surface area contributed by atoms with Gasteiger partial charge in [0.15, 0.2) is 11.5 Å². The van der Waals surface area contributed by atoms with E-state index in [-0.39, 0.29) is 0 Å². The van der Waals surface area contributed by atoms with Gasteiger partial charge in [-0.3, -0.25) is 0 Å².